The van der Waals surface area contributed by atoms with Crippen LogP contribution in [0.2, 0.25) is 0 Å². The monoisotopic (exact) mass is 413 g/mol. The predicted molar refractivity (Wildman–Crippen MR) is 89.1 cm³/mol. The smallest absolute Gasteiger partial charge is 0.178 e. The molecule has 1 heterocycles. The van der Waals surface area contributed by atoms with Gasteiger partial charge in [-0.15, -0.1) is 11.3 Å². The summed E-state index contributed by atoms with van der Waals surface area (Å²) in [6.07, 6.45) is 3.17. The van der Waals surface area contributed by atoms with Crippen LogP contribution in [0.4, 0.5) is 0 Å². The van der Waals surface area contributed by atoms with Gasteiger partial charge in [0.1, 0.15) is 0 Å². The van der Waals surface area contributed by atoms with Crippen LogP contribution in [0.3, 0.4) is 0 Å². The molecule has 0 bridgehead atoms. The van der Waals surface area contributed by atoms with Crippen molar-refractivity contribution in [1.29, 1.82) is 0 Å². The lowest BCUT2D eigenvalue weighted by molar-refractivity contribution is 0.0924. The van der Waals surface area contributed by atoms with Crippen LogP contribution in [0.1, 0.15) is 23.7 Å². The van der Waals surface area contributed by atoms with E-state index in [1.807, 2.05) is 24.9 Å². The molecule has 0 amide bonds. The maximum atomic E-state index is 12.2. The summed E-state index contributed by atoms with van der Waals surface area (Å²) < 4.78 is 1.89. The van der Waals surface area contributed by atoms with Crippen molar-refractivity contribution in [3.05, 3.63) is 19.2 Å². The number of carbonyl (C=O) groups is 1. The molecule has 1 unspecified atom stereocenters. The molecule has 0 radical (unpaired) electrons. The van der Waals surface area contributed by atoms with E-state index in [2.05, 4.69) is 49.9 Å². The zero-order valence-corrected chi connectivity index (χ0v) is 15.5. The van der Waals surface area contributed by atoms with Crippen LogP contribution in [-0.2, 0) is 0 Å². The van der Waals surface area contributed by atoms with Crippen LogP contribution in [-0.4, -0.2) is 42.3 Å². The lowest BCUT2D eigenvalue weighted by Gasteiger charge is -2.25. The van der Waals surface area contributed by atoms with E-state index in [-0.39, 0.29) is 5.78 Å². The van der Waals surface area contributed by atoms with E-state index in [0.717, 1.165) is 25.3 Å². The molecule has 18 heavy (non-hydrogen) atoms. The summed E-state index contributed by atoms with van der Waals surface area (Å²) in [5.74, 6) is 1.24. The quantitative estimate of drug-likeness (QED) is 0.611. The highest BCUT2D eigenvalue weighted by Crippen LogP contribution is 2.32. The Balaban J connectivity index is 2.66. The summed E-state index contributed by atoms with van der Waals surface area (Å²) in [6, 6.07) is 2.35. The average Bonchev–Trinajstić information content (AvgIpc) is 2.65. The van der Waals surface area contributed by atoms with Gasteiger partial charge in [0.05, 0.1) is 14.1 Å². The predicted octanol–water partition coefficient (Wildman–Crippen LogP) is 4.53. The van der Waals surface area contributed by atoms with Crippen molar-refractivity contribution < 1.29 is 4.79 Å². The van der Waals surface area contributed by atoms with Crippen LogP contribution < -0.4 is 0 Å². The van der Waals surface area contributed by atoms with Crippen LogP contribution in [0.5, 0.6) is 0 Å². The van der Waals surface area contributed by atoms with Gasteiger partial charge < -0.3 is 0 Å². The molecule has 0 saturated heterocycles. The molecular weight excluding hydrogens is 398 g/mol. The number of halogens is 2. The van der Waals surface area contributed by atoms with Crippen LogP contribution in [0.25, 0.3) is 0 Å². The van der Waals surface area contributed by atoms with Crippen molar-refractivity contribution in [3.63, 3.8) is 0 Å². The summed E-state index contributed by atoms with van der Waals surface area (Å²) >= 11 is 10.2. The fourth-order valence-electron chi connectivity index (χ4n) is 1.72. The molecule has 0 aliphatic carbocycles. The third-order valence-electron chi connectivity index (χ3n) is 2.80. The SMILES string of the molecule is CCC(CSC)N(C)CC(=O)c1cc(Br)sc1Br. The summed E-state index contributed by atoms with van der Waals surface area (Å²) in [5.41, 5.74) is 0.776. The molecule has 0 saturated carbocycles. The molecule has 2 nitrogen and oxygen atoms in total. The number of likely N-dealkylation sites (N-methyl/N-ethyl adjacent to an activating group) is 1. The molecular formula is C12H17Br2NOS2. The summed E-state index contributed by atoms with van der Waals surface area (Å²) in [4.78, 5) is 14.4. The van der Waals surface area contributed by atoms with Gasteiger partial charge in [0, 0.05) is 17.4 Å². The third-order valence-corrected chi connectivity index (χ3v) is 5.86. The van der Waals surface area contributed by atoms with Gasteiger partial charge in [-0.25, -0.2) is 0 Å². The highest BCUT2D eigenvalue weighted by molar-refractivity contribution is 9.12. The van der Waals surface area contributed by atoms with E-state index < -0.39 is 0 Å². The van der Waals surface area contributed by atoms with E-state index in [4.69, 9.17) is 0 Å². The summed E-state index contributed by atoms with van der Waals surface area (Å²) in [7, 11) is 2.03. The van der Waals surface area contributed by atoms with Gasteiger partial charge in [-0.3, -0.25) is 9.69 Å². The Kier molecular flexibility index (Phi) is 7.46. The molecule has 1 aromatic heterocycles. The van der Waals surface area contributed by atoms with Crippen LogP contribution in [0, 0.1) is 0 Å². The first-order chi connectivity index (χ1) is 8.49. The highest BCUT2D eigenvalue weighted by Gasteiger charge is 2.19. The number of hydrogen-bond donors (Lipinski definition) is 0. The zero-order valence-electron chi connectivity index (χ0n) is 10.7. The Morgan fingerprint density at radius 1 is 1.56 bits per heavy atom. The van der Waals surface area contributed by atoms with Gasteiger partial charge in [-0.2, -0.15) is 11.8 Å². The Bertz CT molecular complexity index is 409. The molecule has 0 aliphatic rings. The Labute approximate surface area is 134 Å². The van der Waals surface area contributed by atoms with Crippen molar-refractivity contribution in [1.82, 2.24) is 4.90 Å². The molecule has 0 fully saturated rings. The number of rotatable bonds is 7. The number of ketones is 1. The minimum Gasteiger partial charge on any atom is -0.295 e. The molecule has 0 spiro atoms. The molecule has 1 rings (SSSR count). The van der Waals surface area contributed by atoms with E-state index in [9.17, 15) is 4.79 Å². The topological polar surface area (TPSA) is 20.3 Å². The summed E-state index contributed by atoms with van der Waals surface area (Å²) in [6.45, 7) is 2.64. The van der Waals surface area contributed by atoms with Crippen molar-refractivity contribution in [2.45, 2.75) is 19.4 Å². The number of thiophene rings is 1. The van der Waals surface area contributed by atoms with Gasteiger partial charge in [-0.1, -0.05) is 6.92 Å². The second kappa shape index (κ2) is 8.04. The maximum absolute atomic E-state index is 12.2. The first kappa shape index (κ1) is 16.7. The van der Waals surface area contributed by atoms with Crippen molar-refractivity contribution >= 4 is 60.7 Å². The second-order valence-electron chi connectivity index (χ2n) is 4.09. The lowest BCUT2D eigenvalue weighted by atomic mass is 10.2. The maximum Gasteiger partial charge on any atom is 0.178 e. The van der Waals surface area contributed by atoms with Crippen LogP contribution in [0.15, 0.2) is 13.6 Å². The second-order valence-corrected chi connectivity index (χ2v) is 8.75. The lowest BCUT2D eigenvalue weighted by Crippen LogP contribution is -2.37. The Morgan fingerprint density at radius 3 is 2.67 bits per heavy atom. The van der Waals surface area contributed by atoms with Crippen molar-refractivity contribution in [2.75, 3.05) is 25.6 Å². The van der Waals surface area contributed by atoms with Crippen molar-refractivity contribution in [2.24, 2.45) is 0 Å². The Hall–Kier alpha value is 0.640. The largest absolute Gasteiger partial charge is 0.295 e. The number of nitrogens with zero attached hydrogens (tertiary/aromatic N) is 1. The fourth-order valence-corrected chi connectivity index (χ4v) is 5.45. The zero-order chi connectivity index (χ0) is 13.7. The number of thioether (sulfide) groups is 1. The first-order valence-electron chi connectivity index (χ1n) is 5.66. The van der Waals surface area contributed by atoms with Gasteiger partial charge in [0.25, 0.3) is 0 Å². The summed E-state index contributed by atoms with van der Waals surface area (Å²) in [5, 5.41) is 0. The minimum atomic E-state index is 0.172. The van der Waals surface area contributed by atoms with E-state index >= 15 is 0 Å². The normalized spacial score (nSPS) is 13.0. The molecule has 1 atom stereocenters. The van der Waals surface area contributed by atoms with Gasteiger partial charge in [-0.05, 0) is 57.7 Å². The molecule has 102 valence electrons. The number of carbonyl (C=O) groups excluding carboxylic acids is 1. The van der Waals surface area contributed by atoms with E-state index in [1.165, 1.54) is 11.3 Å². The van der Waals surface area contributed by atoms with Crippen molar-refractivity contribution in [3.8, 4) is 0 Å². The standard InChI is InChI=1S/C12H17Br2NOS2/c1-4-8(7-17-3)15(2)6-10(16)9-5-11(13)18-12(9)14/h5,8H,4,6-7H2,1-3H3. The molecule has 0 N–H and O–H groups in total. The minimum absolute atomic E-state index is 0.172. The molecule has 6 heteroatoms. The highest BCUT2D eigenvalue weighted by atomic mass is 79.9. The first-order valence-corrected chi connectivity index (χ1v) is 9.46. The van der Waals surface area contributed by atoms with Gasteiger partial charge in [0.15, 0.2) is 5.78 Å². The molecule has 0 aromatic carbocycles. The molecule has 1 aromatic rings. The van der Waals surface area contributed by atoms with Gasteiger partial charge >= 0.3 is 0 Å². The van der Waals surface area contributed by atoms with Gasteiger partial charge in [0.2, 0.25) is 0 Å². The molecule has 0 aliphatic heterocycles. The van der Waals surface area contributed by atoms with E-state index in [1.54, 1.807) is 0 Å². The van der Waals surface area contributed by atoms with Crippen LogP contribution >= 0.6 is 55.0 Å². The number of hydrogen-bond acceptors (Lipinski definition) is 4. The third kappa shape index (κ3) is 4.63. The number of Topliss-reactive ketones (excluding diaryl/α,β-unsaturated/α-hetero) is 1. The van der Waals surface area contributed by atoms with E-state index in [0.29, 0.717) is 12.6 Å². The Morgan fingerprint density at radius 2 is 2.22 bits per heavy atom. The fraction of sp³-hybridized carbons (Fsp3) is 0.583. The average molecular weight is 415 g/mol.